The molecule has 0 unspecified atom stereocenters. The van der Waals surface area contributed by atoms with Crippen LogP contribution in [0, 0.1) is 12.3 Å². The van der Waals surface area contributed by atoms with Gasteiger partial charge in [-0.3, -0.25) is 5.41 Å². The highest BCUT2D eigenvalue weighted by atomic mass is 35.5. The fraction of sp³-hybridized carbons (Fsp3) is 0.458. The Morgan fingerprint density at radius 3 is 2.49 bits per heavy atom. The highest BCUT2D eigenvalue weighted by molar-refractivity contribution is 8.07. The summed E-state index contributed by atoms with van der Waals surface area (Å²) in [6, 6.07) is 3.79. The maximum absolute atomic E-state index is 12.6. The topological polar surface area (TPSA) is 166 Å². The summed E-state index contributed by atoms with van der Waals surface area (Å²) < 4.78 is 55.1. The van der Waals surface area contributed by atoms with Crippen LogP contribution in [0.4, 0.5) is 17.5 Å². The van der Waals surface area contributed by atoms with Gasteiger partial charge in [0.15, 0.2) is 20.7 Å². The van der Waals surface area contributed by atoms with E-state index in [1.54, 1.807) is 7.05 Å². The third-order valence-corrected chi connectivity index (χ3v) is 9.04. The van der Waals surface area contributed by atoms with E-state index in [2.05, 4.69) is 25.9 Å². The molecular formula is C24H34ClN7O5S2. The highest BCUT2D eigenvalue weighted by Gasteiger charge is 2.32. The van der Waals surface area contributed by atoms with Crippen LogP contribution in [0.2, 0.25) is 5.02 Å². The molecule has 1 aliphatic rings. The molecule has 0 saturated carbocycles. The predicted molar refractivity (Wildman–Crippen MR) is 154 cm³/mol. The fourth-order valence-corrected chi connectivity index (χ4v) is 5.52. The minimum atomic E-state index is -3.87. The van der Waals surface area contributed by atoms with E-state index in [0.29, 0.717) is 24.5 Å². The van der Waals surface area contributed by atoms with E-state index in [1.165, 1.54) is 30.5 Å². The lowest BCUT2D eigenvalue weighted by molar-refractivity contribution is 0.241. The van der Waals surface area contributed by atoms with Gasteiger partial charge in [-0.15, -0.1) is 0 Å². The van der Waals surface area contributed by atoms with Gasteiger partial charge in [0, 0.05) is 32.3 Å². The number of benzene rings is 1. The lowest BCUT2D eigenvalue weighted by atomic mass is 9.89. The van der Waals surface area contributed by atoms with Crippen LogP contribution in [-0.2, 0) is 20.7 Å². The van der Waals surface area contributed by atoms with Crippen LogP contribution in [0.25, 0.3) is 0 Å². The van der Waals surface area contributed by atoms with Crippen molar-refractivity contribution in [2.24, 2.45) is 0 Å². The molecule has 0 aliphatic carbocycles. The molecule has 1 aromatic heterocycles. The molecule has 3 rings (SSSR count). The average molecular weight is 600 g/mol. The number of aromatic nitrogens is 2. The zero-order chi connectivity index (χ0) is 29.1. The maximum Gasteiger partial charge on any atom is 0.229 e. The van der Waals surface area contributed by atoms with Crippen molar-refractivity contribution in [1.29, 1.82) is 5.41 Å². The number of anilines is 3. The van der Waals surface area contributed by atoms with Gasteiger partial charge in [0.2, 0.25) is 16.8 Å². The molecule has 4 N–H and O–H groups in total. The van der Waals surface area contributed by atoms with Crippen LogP contribution in [-0.4, -0.2) is 67.6 Å². The molecule has 2 heterocycles. The largest absolute Gasteiger partial charge is 0.489 e. The van der Waals surface area contributed by atoms with E-state index in [9.17, 15) is 16.8 Å². The Labute approximate surface area is 235 Å². The van der Waals surface area contributed by atoms with Crippen LogP contribution in [0.5, 0.6) is 5.75 Å². The molecule has 0 amide bonds. The standard InChI is InChI=1S/C24H34ClN7O5S2/c1-13(2)37-21-8-17(16-11-32(12-16)38(33)34)15(5)7-19(21)30-24-28-9-18(25)23(31-24)29-20(10-27-6)22(26)39(35,36)14(3)4/h7-10,13-14,16,26-27,38H,11-12H2,1-6H3,(H2,28,29,30,31)/b20-10+,26-22?. The van der Waals surface area contributed by atoms with Crippen molar-refractivity contribution < 1.29 is 21.6 Å². The van der Waals surface area contributed by atoms with E-state index in [4.69, 9.17) is 21.7 Å². The maximum atomic E-state index is 12.6. The molecule has 0 bridgehead atoms. The monoisotopic (exact) mass is 599 g/mol. The molecule has 1 aliphatic heterocycles. The normalized spacial score (nSPS) is 15.0. The summed E-state index contributed by atoms with van der Waals surface area (Å²) in [6.45, 7) is 9.57. The van der Waals surface area contributed by atoms with E-state index in [1.807, 2.05) is 32.9 Å². The van der Waals surface area contributed by atoms with Crippen LogP contribution in [0.15, 0.2) is 30.2 Å². The Balaban J connectivity index is 1.92. The number of thiol groups is 1. The van der Waals surface area contributed by atoms with Crippen molar-refractivity contribution >= 4 is 54.8 Å². The lowest BCUT2D eigenvalue weighted by Gasteiger charge is -2.36. The Bertz CT molecular complexity index is 1450. The first-order chi connectivity index (χ1) is 18.2. The quantitative estimate of drug-likeness (QED) is 0.147. The van der Waals surface area contributed by atoms with E-state index in [-0.39, 0.29) is 34.5 Å². The SMILES string of the molecule is CN/C=C(/Nc1nc(Nc2cc(C)c(C3CN([SH](=O)=O)C3)cc2OC(C)C)ncc1Cl)C(=N)S(=O)(=O)C(C)C. The number of sulfone groups is 1. The Hall–Kier alpha value is -2.94. The second-order valence-corrected chi connectivity index (χ2v) is 13.5. The first kappa shape index (κ1) is 30.6. The predicted octanol–water partition coefficient (Wildman–Crippen LogP) is 3.17. The highest BCUT2D eigenvalue weighted by Crippen LogP contribution is 2.37. The molecule has 0 radical (unpaired) electrons. The van der Waals surface area contributed by atoms with Gasteiger partial charge in [0.1, 0.15) is 10.8 Å². The molecule has 1 aromatic carbocycles. The molecule has 1 fully saturated rings. The second kappa shape index (κ2) is 12.5. The van der Waals surface area contributed by atoms with E-state index < -0.39 is 31.0 Å². The number of nitrogens with one attached hydrogen (secondary N) is 4. The molecule has 0 spiro atoms. The first-order valence-electron chi connectivity index (χ1n) is 12.2. The Morgan fingerprint density at radius 2 is 1.92 bits per heavy atom. The van der Waals surface area contributed by atoms with Crippen molar-refractivity contribution in [3.63, 3.8) is 0 Å². The molecular weight excluding hydrogens is 566 g/mol. The van der Waals surface area contributed by atoms with E-state index in [0.717, 1.165) is 11.1 Å². The summed E-state index contributed by atoms with van der Waals surface area (Å²) >= 11 is 6.31. The summed E-state index contributed by atoms with van der Waals surface area (Å²) in [6.07, 6.45) is 2.56. The third kappa shape index (κ3) is 7.18. The fourth-order valence-electron chi connectivity index (χ4n) is 3.83. The molecule has 214 valence electrons. The third-order valence-electron chi connectivity index (χ3n) is 5.95. The summed E-state index contributed by atoms with van der Waals surface area (Å²) in [5.41, 5.74) is 2.50. The van der Waals surface area contributed by atoms with Crippen molar-refractivity contribution in [3.05, 3.63) is 46.4 Å². The number of nitrogens with zero attached hydrogens (tertiary/aromatic N) is 3. The molecule has 0 atom stereocenters. The van der Waals surface area contributed by atoms with Crippen LogP contribution >= 0.6 is 11.6 Å². The smallest absolute Gasteiger partial charge is 0.229 e. The van der Waals surface area contributed by atoms with Crippen molar-refractivity contribution in [2.75, 3.05) is 30.8 Å². The Morgan fingerprint density at radius 1 is 1.26 bits per heavy atom. The molecule has 15 heteroatoms. The van der Waals surface area contributed by atoms with Crippen LogP contribution in [0.1, 0.15) is 44.7 Å². The van der Waals surface area contributed by atoms with Gasteiger partial charge in [-0.05, 0) is 57.9 Å². The number of halogens is 1. The van der Waals surface area contributed by atoms with Gasteiger partial charge < -0.3 is 20.7 Å². The van der Waals surface area contributed by atoms with Crippen LogP contribution < -0.4 is 20.7 Å². The summed E-state index contributed by atoms with van der Waals surface area (Å²) in [5.74, 6) is 0.867. The number of rotatable bonds is 11. The molecule has 39 heavy (non-hydrogen) atoms. The van der Waals surface area contributed by atoms with Crippen molar-refractivity contribution in [3.8, 4) is 5.75 Å². The van der Waals surface area contributed by atoms with Gasteiger partial charge in [-0.25, -0.2) is 26.1 Å². The van der Waals surface area contributed by atoms with Crippen molar-refractivity contribution in [2.45, 2.75) is 51.9 Å². The number of hydrogen-bond donors (Lipinski definition) is 5. The van der Waals surface area contributed by atoms with Gasteiger partial charge in [0.25, 0.3) is 0 Å². The molecule has 2 aromatic rings. The summed E-state index contributed by atoms with van der Waals surface area (Å²) in [5, 5.41) is 15.7. The number of hydrogen-bond acceptors (Lipinski definition) is 11. The first-order valence-corrected chi connectivity index (χ1v) is 15.3. The summed E-state index contributed by atoms with van der Waals surface area (Å²) in [7, 11) is -4.88. The van der Waals surface area contributed by atoms with E-state index >= 15 is 0 Å². The second-order valence-electron chi connectivity index (χ2n) is 9.59. The number of ether oxygens (including phenoxy) is 1. The zero-order valence-corrected chi connectivity index (χ0v) is 25.0. The van der Waals surface area contributed by atoms with Gasteiger partial charge in [-0.1, -0.05) is 11.6 Å². The zero-order valence-electron chi connectivity index (χ0n) is 22.6. The van der Waals surface area contributed by atoms with Gasteiger partial charge in [0.05, 0.1) is 28.9 Å². The summed E-state index contributed by atoms with van der Waals surface area (Å²) in [4.78, 5) is 8.65. The lowest BCUT2D eigenvalue weighted by Crippen LogP contribution is -2.43. The van der Waals surface area contributed by atoms with Gasteiger partial charge in [-0.2, -0.15) is 4.98 Å². The molecule has 12 nitrogen and oxygen atoms in total. The molecule has 1 saturated heterocycles. The minimum Gasteiger partial charge on any atom is -0.489 e. The van der Waals surface area contributed by atoms with Crippen molar-refractivity contribution in [1.82, 2.24) is 19.6 Å². The average Bonchev–Trinajstić information content (AvgIpc) is 2.81. The van der Waals surface area contributed by atoms with Gasteiger partial charge >= 0.3 is 0 Å². The Kier molecular flexibility index (Phi) is 9.80. The minimum absolute atomic E-state index is 0.0313. The van der Waals surface area contributed by atoms with Crippen LogP contribution in [0.3, 0.4) is 0 Å². The number of aryl methyl sites for hydroxylation is 1.